The molecule has 10 nitrogen and oxygen atoms in total. The zero-order chi connectivity index (χ0) is 27.7. The molecule has 2 amide bonds. The highest BCUT2D eigenvalue weighted by molar-refractivity contribution is 7.86. The Hall–Kier alpha value is -2.73. The van der Waals surface area contributed by atoms with Gasteiger partial charge in [0.2, 0.25) is 11.8 Å². The van der Waals surface area contributed by atoms with Gasteiger partial charge in [0.15, 0.2) is 0 Å². The fourth-order valence-electron chi connectivity index (χ4n) is 5.17. The van der Waals surface area contributed by atoms with E-state index in [1.165, 1.54) is 25.6 Å². The summed E-state index contributed by atoms with van der Waals surface area (Å²) in [6.07, 6.45) is -2.62. The molecule has 38 heavy (non-hydrogen) atoms. The molecule has 3 fully saturated rings. The summed E-state index contributed by atoms with van der Waals surface area (Å²) in [6.45, 7) is 0.302. The Labute approximate surface area is 219 Å². The first-order valence-corrected chi connectivity index (χ1v) is 13.9. The fraction of sp³-hybridized carbons (Fsp3) is 0.625. The number of piperidine rings is 1. The molecule has 0 bridgehead atoms. The summed E-state index contributed by atoms with van der Waals surface area (Å²) in [6, 6.07) is 4.39. The minimum atomic E-state index is -4.51. The predicted octanol–water partition coefficient (Wildman–Crippen LogP) is 1.26. The van der Waals surface area contributed by atoms with Gasteiger partial charge in [-0.1, -0.05) is 12.1 Å². The molecule has 3 aliphatic rings. The van der Waals surface area contributed by atoms with Crippen LogP contribution in [0.4, 0.5) is 13.2 Å². The van der Waals surface area contributed by atoms with Crippen molar-refractivity contribution >= 4 is 22.0 Å². The first-order chi connectivity index (χ1) is 18.0. The number of nitriles is 1. The SMILES string of the molecule is N#CC1CN(S(=O)(=O)N2CCC[C@H](C(=O)N3CCC[C@@H]3C(=O)N[C@@H](CO)c3ccc(C(F)(F)F)cc3)C2)C1. The Morgan fingerprint density at radius 2 is 1.74 bits per heavy atom. The van der Waals surface area contributed by atoms with E-state index in [-0.39, 0.29) is 38.0 Å². The van der Waals surface area contributed by atoms with Crippen molar-refractivity contribution in [1.82, 2.24) is 18.8 Å². The molecular weight excluding hydrogens is 527 g/mol. The number of likely N-dealkylation sites (tertiary alicyclic amines) is 1. The van der Waals surface area contributed by atoms with E-state index in [0.717, 1.165) is 12.1 Å². The van der Waals surface area contributed by atoms with E-state index < -0.39 is 52.5 Å². The molecule has 0 aliphatic carbocycles. The second-order valence-corrected chi connectivity index (χ2v) is 11.8. The van der Waals surface area contributed by atoms with Crippen LogP contribution in [0.2, 0.25) is 0 Å². The van der Waals surface area contributed by atoms with Gasteiger partial charge in [-0.15, -0.1) is 0 Å². The lowest BCUT2D eigenvalue weighted by Crippen LogP contribution is -2.57. The molecule has 0 unspecified atom stereocenters. The molecule has 0 radical (unpaired) electrons. The molecule has 1 aromatic carbocycles. The lowest BCUT2D eigenvalue weighted by Gasteiger charge is -2.41. The summed E-state index contributed by atoms with van der Waals surface area (Å²) in [5.41, 5.74) is -0.554. The van der Waals surface area contributed by atoms with Crippen LogP contribution in [0, 0.1) is 23.2 Å². The molecule has 2 N–H and O–H groups in total. The molecule has 4 rings (SSSR count). The summed E-state index contributed by atoms with van der Waals surface area (Å²) in [5, 5.41) is 21.4. The molecule has 14 heteroatoms. The van der Waals surface area contributed by atoms with Crippen LogP contribution in [0.25, 0.3) is 0 Å². The summed E-state index contributed by atoms with van der Waals surface area (Å²) in [5.74, 6) is -1.81. The van der Waals surface area contributed by atoms with E-state index in [4.69, 9.17) is 5.26 Å². The molecule has 3 saturated heterocycles. The Morgan fingerprint density at radius 1 is 1.08 bits per heavy atom. The van der Waals surface area contributed by atoms with Crippen molar-refractivity contribution in [2.24, 2.45) is 11.8 Å². The van der Waals surface area contributed by atoms with Crippen LogP contribution in [-0.2, 0) is 26.0 Å². The van der Waals surface area contributed by atoms with E-state index >= 15 is 0 Å². The summed E-state index contributed by atoms with van der Waals surface area (Å²) in [4.78, 5) is 27.9. The standard InChI is InChI=1S/C24H30F3N5O5S/c25-24(26,27)19-7-5-17(6-8-19)20(15-33)29-22(34)21-4-2-10-32(21)23(35)18-3-1-9-30(14-18)38(36,37)31-12-16(11-28)13-31/h5-8,16,18,20-21,33H,1-4,9-10,12-15H2,(H,29,34)/t18-,20-,21+/m0/s1. The smallest absolute Gasteiger partial charge is 0.394 e. The van der Waals surface area contributed by atoms with Crippen LogP contribution in [0.3, 0.4) is 0 Å². The summed E-state index contributed by atoms with van der Waals surface area (Å²) >= 11 is 0. The van der Waals surface area contributed by atoms with Crippen LogP contribution < -0.4 is 5.32 Å². The lowest BCUT2D eigenvalue weighted by atomic mass is 9.97. The maximum Gasteiger partial charge on any atom is 0.416 e. The van der Waals surface area contributed by atoms with Gasteiger partial charge in [-0.05, 0) is 43.4 Å². The third kappa shape index (κ3) is 5.80. The number of amides is 2. The number of alkyl halides is 3. The summed E-state index contributed by atoms with van der Waals surface area (Å²) < 4.78 is 66.9. The van der Waals surface area contributed by atoms with Crippen molar-refractivity contribution < 1.29 is 36.3 Å². The third-order valence-corrected chi connectivity index (χ3v) is 9.33. The topological polar surface area (TPSA) is 134 Å². The molecular formula is C24H30F3N5O5S. The van der Waals surface area contributed by atoms with Gasteiger partial charge in [-0.3, -0.25) is 9.59 Å². The number of benzene rings is 1. The molecule has 3 aliphatic heterocycles. The number of rotatable bonds is 7. The number of carbonyl (C=O) groups excluding carboxylic acids is 2. The van der Waals surface area contributed by atoms with Gasteiger partial charge < -0.3 is 15.3 Å². The highest BCUT2D eigenvalue weighted by atomic mass is 32.2. The number of halogens is 3. The maximum atomic E-state index is 13.4. The van der Waals surface area contributed by atoms with Crippen LogP contribution in [0.1, 0.15) is 42.9 Å². The predicted molar refractivity (Wildman–Crippen MR) is 128 cm³/mol. The molecule has 3 heterocycles. The van der Waals surface area contributed by atoms with Crippen molar-refractivity contribution in [3.05, 3.63) is 35.4 Å². The highest BCUT2D eigenvalue weighted by Crippen LogP contribution is 2.31. The van der Waals surface area contributed by atoms with Crippen molar-refractivity contribution in [1.29, 1.82) is 5.26 Å². The minimum absolute atomic E-state index is 0.00938. The number of aliphatic hydroxyl groups excluding tert-OH is 1. The largest absolute Gasteiger partial charge is 0.416 e. The second-order valence-electron chi connectivity index (χ2n) is 9.90. The number of hydrogen-bond donors (Lipinski definition) is 2. The Kier molecular flexibility index (Phi) is 8.32. The lowest BCUT2D eigenvalue weighted by molar-refractivity contribution is -0.142. The van der Waals surface area contributed by atoms with Crippen LogP contribution in [0.15, 0.2) is 24.3 Å². The number of carbonyl (C=O) groups is 2. The van der Waals surface area contributed by atoms with Gasteiger partial charge in [0.25, 0.3) is 10.2 Å². The van der Waals surface area contributed by atoms with Gasteiger partial charge in [-0.25, -0.2) is 0 Å². The van der Waals surface area contributed by atoms with E-state index in [1.54, 1.807) is 0 Å². The monoisotopic (exact) mass is 557 g/mol. The van der Waals surface area contributed by atoms with Gasteiger partial charge in [0, 0.05) is 32.7 Å². The van der Waals surface area contributed by atoms with Gasteiger partial charge in [0.05, 0.1) is 36.1 Å². The highest BCUT2D eigenvalue weighted by Gasteiger charge is 2.44. The number of hydrogen-bond acceptors (Lipinski definition) is 6. The Morgan fingerprint density at radius 3 is 2.34 bits per heavy atom. The van der Waals surface area contributed by atoms with Crippen LogP contribution >= 0.6 is 0 Å². The van der Waals surface area contributed by atoms with Gasteiger partial charge in [-0.2, -0.15) is 35.5 Å². The zero-order valence-corrected chi connectivity index (χ0v) is 21.4. The number of nitrogens with zero attached hydrogens (tertiary/aromatic N) is 4. The molecule has 0 saturated carbocycles. The quantitative estimate of drug-likeness (QED) is 0.519. The second kappa shape index (κ2) is 11.2. The molecule has 3 atom stereocenters. The molecule has 208 valence electrons. The van der Waals surface area contributed by atoms with Gasteiger partial charge >= 0.3 is 6.18 Å². The first kappa shape index (κ1) is 28.3. The van der Waals surface area contributed by atoms with Crippen LogP contribution in [0.5, 0.6) is 0 Å². The fourth-order valence-corrected chi connectivity index (χ4v) is 6.96. The molecule has 0 spiro atoms. The molecule has 0 aromatic heterocycles. The van der Waals surface area contributed by atoms with Crippen molar-refractivity contribution in [3.8, 4) is 6.07 Å². The van der Waals surface area contributed by atoms with Crippen molar-refractivity contribution in [2.75, 3.05) is 39.3 Å². The average molecular weight is 558 g/mol. The zero-order valence-electron chi connectivity index (χ0n) is 20.6. The maximum absolute atomic E-state index is 13.4. The van der Waals surface area contributed by atoms with Crippen molar-refractivity contribution in [3.63, 3.8) is 0 Å². The molecule has 1 aromatic rings. The van der Waals surface area contributed by atoms with E-state index in [9.17, 15) is 36.3 Å². The first-order valence-electron chi connectivity index (χ1n) is 12.5. The minimum Gasteiger partial charge on any atom is -0.394 e. The van der Waals surface area contributed by atoms with Crippen LogP contribution in [-0.4, -0.2) is 84.2 Å². The normalized spacial score (nSPS) is 24.4. The van der Waals surface area contributed by atoms with E-state index in [2.05, 4.69) is 5.32 Å². The van der Waals surface area contributed by atoms with E-state index in [0.29, 0.717) is 37.8 Å². The number of aliphatic hydroxyl groups is 1. The number of nitrogens with one attached hydrogen (secondary N) is 1. The third-order valence-electron chi connectivity index (χ3n) is 7.39. The van der Waals surface area contributed by atoms with E-state index in [1.807, 2.05) is 6.07 Å². The summed E-state index contributed by atoms with van der Waals surface area (Å²) in [7, 11) is -3.78. The van der Waals surface area contributed by atoms with Crippen molar-refractivity contribution in [2.45, 2.75) is 43.9 Å². The Bertz CT molecular complexity index is 1180. The Balaban J connectivity index is 1.39. The average Bonchev–Trinajstić information content (AvgIpc) is 3.36. The van der Waals surface area contributed by atoms with Gasteiger partial charge in [0.1, 0.15) is 6.04 Å².